The number of hydrogen-bond acceptors (Lipinski definition) is 2. The fraction of sp³-hybridized carbons (Fsp3) is 0.562. The molecule has 0 saturated carbocycles. The van der Waals surface area contributed by atoms with Crippen LogP contribution in [0.1, 0.15) is 49.8 Å². The zero-order valence-electron chi connectivity index (χ0n) is 11.2. The van der Waals surface area contributed by atoms with Gasteiger partial charge in [-0.15, -0.1) is 0 Å². The van der Waals surface area contributed by atoms with Crippen molar-refractivity contribution in [2.75, 3.05) is 0 Å². The van der Waals surface area contributed by atoms with Crippen LogP contribution in [-0.2, 0) is 4.79 Å². The number of hydrogen-bond donors (Lipinski definition) is 0. The van der Waals surface area contributed by atoms with E-state index in [1.54, 1.807) is 0 Å². The first kappa shape index (κ1) is 11.9. The second kappa shape index (κ2) is 4.51. The van der Waals surface area contributed by atoms with Gasteiger partial charge in [0.05, 0.1) is 0 Å². The summed E-state index contributed by atoms with van der Waals surface area (Å²) in [4.78, 5) is 14.2. The van der Waals surface area contributed by atoms with Gasteiger partial charge in [-0.1, -0.05) is 29.8 Å². The SMILES string of the molecule is Cc1ccc(C(C)N2C3CCC2CC(=O)C3)cc1. The number of Topliss-reactive ketones (excluding diaryl/α,β-unsaturated/α-hetero) is 1. The Bertz CT molecular complexity index is 435. The van der Waals surface area contributed by atoms with Crippen LogP contribution in [0.2, 0.25) is 0 Å². The van der Waals surface area contributed by atoms with Crippen molar-refractivity contribution >= 4 is 5.78 Å². The smallest absolute Gasteiger partial charge is 0.136 e. The number of fused-ring (bicyclic) bond motifs is 2. The molecule has 1 aromatic carbocycles. The van der Waals surface area contributed by atoms with Crippen molar-refractivity contribution < 1.29 is 4.79 Å². The quantitative estimate of drug-likeness (QED) is 0.794. The molecule has 0 amide bonds. The molecule has 2 saturated heterocycles. The average molecular weight is 243 g/mol. The summed E-state index contributed by atoms with van der Waals surface area (Å²) >= 11 is 0. The topological polar surface area (TPSA) is 20.3 Å². The first-order chi connectivity index (χ1) is 8.65. The normalized spacial score (nSPS) is 29.6. The highest BCUT2D eigenvalue weighted by Crippen LogP contribution is 2.40. The molecule has 2 heterocycles. The Morgan fingerprint density at radius 2 is 1.67 bits per heavy atom. The average Bonchev–Trinajstić information content (AvgIpc) is 2.62. The predicted molar refractivity (Wildman–Crippen MR) is 72.5 cm³/mol. The molecule has 0 N–H and O–H groups in total. The molecule has 2 fully saturated rings. The van der Waals surface area contributed by atoms with Crippen LogP contribution in [0, 0.1) is 6.92 Å². The summed E-state index contributed by atoms with van der Waals surface area (Å²) < 4.78 is 0. The maximum absolute atomic E-state index is 11.6. The number of carbonyl (C=O) groups excluding carboxylic acids is 1. The minimum Gasteiger partial charge on any atom is -0.300 e. The van der Waals surface area contributed by atoms with Gasteiger partial charge in [-0.25, -0.2) is 0 Å². The molecule has 2 aliphatic heterocycles. The maximum Gasteiger partial charge on any atom is 0.136 e. The van der Waals surface area contributed by atoms with Gasteiger partial charge in [0.15, 0.2) is 0 Å². The van der Waals surface area contributed by atoms with Crippen molar-refractivity contribution in [2.24, 2.45) is 0 Å². The fourth-order valence-electron chi connectivity index (χ4n) is 3.65. The predicted octanol–water partition coefficient (Wildman–Crippen LogP) is 3.25. The Morgan fingerprint density at radius 1 is 1.11 bits per heavy atom. The molecule has 2 aliphatic rings. The third kappa shape index (κ3) is 1.99. The fourth-order valence-corrected chi connectivity index (χ4v) is 3.65. The van der Waals surface area contributed by atoms with Gasteiger partial charge in [0.2, 0.25) is 0 Å². The van der Waals surface area contributed by atoms with Crippen LogP contribution < -0.4 is 0 Å². The Hall–Kier alpha value is -1.15. The highest BCUT2D eigenvalue weighted by molar-refractivity contribution is 5.81. The summed E-state index contributed by atoms with van der Waals surface area (Å²) in [5.41, 5.74) is 2.69. The molecule has 0 spiro atoms. The number of carbonyl (C=O) groups is 1. The second-order valence-electron chi connectivity index (χ2n) is 5.87. The van der Waals surface area contributed by atoms with Gasteiger partial charge in [0, 0.05) is 31.0 Å². The summed E-state index contributed by atoms with van der Waals surface area (Å²) in [5, 5.41) is 0. The van der Waals surface area contributed by atoms with Crippen LogP contribution in [0.3, 0.4) is 0 Å². The van der Waals surface area contributed by atoms with Crippen LogP contribution >= 0.6 is 0 Å². The molecule has 1 aromatic rings. The molecular formula is C16H21NO. The van der Waals surface area contributed by atoms with E-state index in [0.29, 0.717) is 23.9 Å². The lowest BCUT2D eigenvalue weighted by Crippen LogP contribution is -2.44. The summed E-state index contributed by atoms with van der Waals surface area (Å²) in [5.74, 6) is 0.467. The van der Waals surface area contributed by atoms with Gasteiger partial charge in [0.1, 0.15) is 5.78 Å². The third-order valence-corrected chi connectivity index (χ3v) is 4.61. The van der Waals surface area contributed by atoms with Crippen molar-refractivity contribution in [1.29, 1.82) is 0 Å². The lowest BCUT2D eigenvalue weighted by atomic mass is 9.96. The van der Waals surface area contributed by atoms with Crippen molar-refractivity contribution in [3.8, 4) is 0 Å². The summed E-state index contributed by atoms with van der Waals surface area (Å²) in [6.45, 7) is 4.41. The largest absolute Gasteiger partial charge is 0.300 e. The van der Waals surface area contributed by atoms with Crippen LogP contribution in [0.4, 0.5) is 0 Å². The number of rotatable bonds is 2. The monoisotopic (exact) mass is 243 g/mol. The lowest BCUT2D eigenvalue weighted by molar-refractivity contribution is -0.124. The van der Waals surface area contributed by atoms with Gasteiger partial charge in [-0.05, 0) is 32.3 Å². The standard InChI is InChI=1S/C16H21NO/c1-11-3-5-13(6-4-11)12(2)17-14-7-8-15(17)10-16(18)9-14/h3-6,12,14-15H,7-10H2,1-2H3. The molecule has 0 aliphatic carbocycles. The van der Waals surface area contributed by atoms with Crippen LogP contribution in [0.15, 0.2) is 24.3 Å². The number of aryl methyl sites for hydroxylation is 1. The molecule has 2 heteroatoms. The van der Waals surface area contributed by atoms with Crippen molar-refractivity contribution in [2.45, 2.75) is 57.7 Å². The van der Waals surface area contributed by atoms with Crippen molar-refractivity contribution in [3.63, 3.8) is 0 Å². The van der Waals surface area contributed by atoms with E-state index < -0.39 is 0 Å². The molecule has 3 atom stereocenters. The van der Waals surface area contributed by atoms with Gasteiger partial charge < -0.3 is 0 Å². The molecule has 96 valence electrons. The third-order valence-electron chi connectivity index (χ3n) is 4.61. The molecule has 2 nitrogen and oxygen atoms in total. The van der Waals surface area contributed by atoms with E-state index in [9.17, 15) is 4.79 Å². The first-order valence-corrected chi connectivity index (χ1v) is 7.01. The van der Waals surface area contributed by atoms with E-state index in [2.05, 4.69) is 43.0 Å². The van der Waals surface area contributed by atoms with Gasteiger partial charge in [-0.3, -0.25) is 9.69 Å². The number of ketones is 1. The molecule has 0 aromatic heterocycles. The Balaban J connectivity index is 1.83. The van der Waals surface area contributed by atoms with Gasteiger partial charge in [0.25, 0.3) is 0 Å². The summed E-state index contributed by atoms with van der Waals surface area (Å²) in [7, 11) is 0. The van der Waals surface area contributed by atoms with E-state index in [1.807, 2.05) is 0 Å². The zero-order chi connectivity index (χ0) is 12.7. The Labute approximate surface area is 109 Å². The highest BCUT2D eigenvalue weighted by Gasteiger charge is 2.42. The van der Waals surface area contributed by atoms with Gasteiger partial charge in [-0.2, -0.15) is 0 Å². The van der Waals surface area contributed by atoms with Gasteiger partial charge >= 0.3 is 0 Å². The van der Waals surface area contributed by atoms with E-state index >= 15 is 0 Å². The van der Waals surface area contributed by atoms with E-state index in [4.69, 9.17) is 0 Å². The minimum absolute atomic E-state index is 0.441. The minimum atomic E-state index is 0.441. The van der Waals surface area contributed by atoms with Crippen LogP contribution in [0.5, 0.6) is 0 Å². The van der Waals surface area contributed by atoms with E-state index in [0.717, 1.165) is 12.8 Å². The van der Waals surface area contributed by atoms with Crippen LogP contribution in [0.25, 0.3) is 0 Å². The summed E-state index contributed by atoms with van der Waals surface area (Å²) in [6, 6.07) is 10.3. The number of nitrogens with zero attached hydrogens (tertiary/aromatic N) is 1. The molecule has 0 radical (unpaired) electrons. The molecule has 18 heavy (non-hydrogen) atoms. The van der Waals surface area contributed by atoms with Crippen molar-refractivity contribution in [3.05, 3.63) is 35.4 Å². The van der Waals surface area contributed by atoms with E-state index in [-0.39, 0.29) is 0 Å². The number of piperidine rings is 1. The second-order valence-corrected chi connectivity index (χ2v) is 5.87. The zero-order valence-corrected chi connectivity index (χ0v) is 11.2. The van der Waals surface area contributed by atoms with Crippen molar-refractivity contribution in [1.82, 2.24) is 4.90 Å². The Kier molecular flexibility index (Phi) is 2.98. The first-order valence-electron chi connectivity index (χ1n) is 7.01. The van der Waals surface area contributed by atoms with Crippen LogP contribution in [-0.4, -0.2) is 22.8 Å². The lowest BCUT2D eigenvalue weighted by Gasteiger charge is -2.38. The maximum atomic E-state index is 11.6. The number of benzene rings is 1. The molecule has 2 bridgehead atoms. The molecule has 3 unspecified atom stereocenters. The molecule has 3 rings (SSSR count). The van der Waals surface area contributed by atoms with E-state index in [1.165, 1.54) is 24.0 Å². The molecular weight excluding hydrogens is 222 g/mol. The summed E-state index contributed by atoms with van der Waals surface area (Å²) in [6.07, 6.45) is 3.94. The Morgan fingerprint density at radius 3 is 2.22 bits per heavy atom. The highest BCUT2D eigenvalue weighted by atomic mass is 16.1.